The molecule has 0 atom stereocenters. The average Bonchev–Trinajstić information content (AvgIpc) is 3.37. The fourth-order valence-corrected chi connectivity index (χ4v) is 4.09. The summed E-state index contributed by atoms with van der Waals surface area (Å²) < 4.78 is 1.76. The standard InChI is InChI=1S/C21H23N7O/c1-11(2)17-18(24-20-25-21(3,4)10-28(20)19(17)29)14-8-22-15-6-5-12(7-13(14)15)16-9-23-27-26-16/h5-9,11,22H,10H2,1-4H3,(H,24,25)(H,23,26,27). The van der Waals surface area contributed by atoms with Crippen molar-refractivity contribution in [2.45, 2.75) is 45.7 Å². The van der Waals surface area contributed by atoms with Crippen molar-refractivity contribution in [2.24, 2.45) is 0 Å². The summed E-state index contributed by atoms with van der Waals surface area (Å²) in [5.74, 6) is 0.677. The van der Waals surface area contributed by atoms with Crippen LogP contribution in [0, 0.1) is 0 Å². The van der Waals surface area contributed by atoms with Crippen LogP contribution in [0.2, 0.25) is 0 Å². The Morgan fingerprint density at radius 3 is 2.79 bits per heavy atom. The van der Waals surface area contributed by atoms with Crippen molar-refractivity contribution in [2.75, 3.05) is 5.32 Å². The molecule has 0 amide bonds. The van der Waals surface area contributed by atoms with E-state index in [0.717, 1.165) is 39.0 Å². The predicted molar refractivity (Wildman–Crippen MR) is 113 cm³/mol. The third kappa shape index (κ3) is 2.74. The second-order valence-electron chi connectivity index (χ2n) is 8.57. The van der Waals surface area contributed by atoms with Gasteiger partial charge in [-0.1, -0.05) is 19.9 Å². The Kier molecular flexibility index (Phi) is 3.68. The molecule has 3 N–H and O–H groups in total. The van der Waals surface area contributed by atoms with Gasteiger partial charge in [0.15, 0.2) is 0 Å². The Balaban J connectivity index is 1.76. The molecule has 0 saturated carbocycles. The molecular formula is C21H23N7O. The van der Waals surface area contributed by atoms with E-state index in [1.54, 1.807) is 10.8 Å². The van der Waals surface area contributed by atoms with E-state index in [9.17, 15) is 4.79 Å². The van der Waals surface area contributed by atoms with E-state index in [1.807, 2.05) is 32.2 Å². The Morgan fingerprint density at radius 2 is 2.07 bits per heavy atom. The summed E-state index contributed by atoms with van der Waals surface area (Å²) in [7, 11) is 0. The summed E-state index contributed by atoms with van der Waals surface area (Å²) >= 11 is 0. The largest absolute Gasteiger partial charge is 0.360 e. The lowest BCUT2D eigenvalue weighted by atomic mass is 9.97. The van der Waals surface area contributed by atoms with E-state index in [4.69, 9.17) is 4.98 Å². The van der Waals surface area contributed by atoms with E-state index in [-0.39, 0.29) is 17.0 Å². The number of aromatic nitrogens is 6. The van der Waals surface area contributed by atoms with Crippen LogP contribution in [0.1, 0.15) is 39.2 Å². The summed E-state index contributed by atoms with van der Waals surface area (Å²) in [5, 5.41) is 15.1. The van der Waals surface area contributed by atoms with Gasteiger partial charge in [0.05, 0.1) is 24.0 Å². The highest BCUT2D eigenvalue weighted by atomic mass is 16.1. The van der Waals surface area contributed by atoms with Gasteiger partial charge < -0.3 is 10.3 Å². The minimum Gasteiger partial charge on any atom is -0.360 e. The Labute approximate surface area is 167 Å². The highest BCUT2D eigenvalue weighted by molar-refractivity contribution is 5.97. The molecule has 0 fully saturated rings. The molecule has 0 aliphatic carbocycles. The summed E-state index contributed by atoms with van der Waals surface area (Å²) in [5.41, 5.74) is 4.92. The smallest absolute Gasteiger partial charge is 0.259 e. The topological polar surface area (TPSA) is 104 Å². The van der Waals surface area contributed by atoms with Gasteiger partial charge in [0.2, 0.25) is 5.95 Å². The highest BCUT2D eigenvalue weighted by Gasteiger charge is 2.32. The van der Waals surface area contributed by atoms with Crippen LogP contribution in [-0.4, -0.2) is 35.5 Å². The zero-order chi connectivity index (χ0) is 20.3. The number of hydrogen-bond donors (Lipinski definition) is 3. The first kappa shape index (κ1) is 17.7. The SMILES string of the molecule is CC(C)c1c(-c2c[nH]c3ccc(-c4cn[nH]n4)cc23)nc2n(c1=O)CC(C)(C)N2. The van der Waals surface area contributed by atoms with Crippen molar-refractivity contribution in [3.05, 3.63) is 46.5 Å². The Hall–Kier alpha value is -3.42. The van der Waals surface area contributed by atoms with Crippen molar-refractivity contribution in [1.29, 1.82) is 0 Å². The van der Waals surface area contributed by atoms with Crippen LogP contribution < -0.4 is 10.9 Å². The zero-order valence-electron chi connectivity index (χ0n) is 16.9. The Bertz CT molecular complexity index is 1280. The fraction of sp³-hybridized carbons (Fsp3) is 0.333. The van der Waals surface area contributed by atoms with Gasteiger partial charge in [-0.25, -0.2) is 4.98 Å². The maximum absolute atomic E-state index is 13.3. The summed E-state index contributed by atoms with van der Waals surface area (Å²) in [6.45, 7) is 8.84. The van der Waals surface area contributed by atoms with Crippen molar-refractivity contribution < 1.29 is 0 Å². The van der Waals surface area contributed by atoms with E-state index in [2.05, 4.69) is 45.6 Å². The van der Waals surface area contributed by atoms with E-state index < -0.39 is 0 Å². The molecule has 0 unspecified atom stereocenters. The van der Waals surface area contributed by atoms with E-state index in [0.29, 0.717) is 12.5 Å². The van der Waals surface area contributed by atoms with Crippen LogP contribution in [0.15, 0.2) is 35.4 Å². The molecule has 29 heavy (non-hydrogen) atoms. The monoisotopic (exact) mass is 389 g/mol. The minimum atomic E-state index is -0.202. The molecule has 5 rings (SSSR count). The molecular weight excluding hydrogens is 366 g/mol. The van der Waals surface area contributed by atoms with Gasteiger partial charge in [-0.2, -0.15) is 15.4 Å². The fourth-order valence-electron chi connectivity index (χ4n) is 4.09. The summed E-state index contributed by atoms with van der Waals surface area (Å²) in [6.07, 6.45) is 3.63. The van der Waals surface area contributed by atoms with Crippen LogP contribution in [-0.2, 0) is 6.54 Å². The molecule has 8 heteroatoms. The second-order valence-corrected chi connectivity index (χ2v) is 8.57. The Morgan fingerprint density at radius 1 is 1.24 bits per heavy atom. The van der Waals surface area contributed by atoms with Crippen LogP contribution in [0.3, 0.4) is 0 Å². The maximum atomic E-state index is 13.3. The second kappa shape index (κ2) is 6.04. The number of rotatable bonds is 3. The molecule has 1 aliphatic rings. The minimum absolute atomic E-state index is 0.0279. The van der Waals surface area contributed by atoms with Gasteiger partial charge in [-0.15, -0.1) is 0 Å². The quantitative estimate of drug-likeness (QED) is 0.497. The molecule has 4 aromatic rings. The third-order valence-electron chi connectivity index (χ3n) is 5.43. The molecule has 1 aromatic carbocycles. The molecule has 0 bridgehead atoms. The van der Waals surface area contributed by atoms with Crippen LogP contribution >= 0.6 is 0 Å². The number of anilines is 1. The first-order valence-corrected chi connectivity index (χ1v) is 9.74. The maximum Gasteiger partial charge on any atom is 0.259 e. The highest BCUT2D eigenvalue weighted by Crippen LogP contribution is 2.35. The van der Waals surface area contributed by atoms with Gasteiger partial charge in [-0.05, 0) is 31.9 Å². The number of aromatic amines is 2. The number of nitrogens with one attached hydrogen (secondary N) is 3. The molecule has 3 aromatic heterocycles. The van der Waals surface area contributed by atoms with Gasteiger partial charge in [0.1, 0.15) is 5.69 Å². The van der Waals surface area contributed by atoms with Crippen molar-refractivity contribution in [3.8, 4) is 22.5 Å². The molecule has 1 aliphatic heterocycles. The average molecular weight is 389 g/mol. The molecule has 8 nitrogen and oxygen atoms in total. The van der Waals surface area contributed by atoms with Crippen molar-refractivity contribution in [3.63, 3.8) is 0 Å². The van der Waals surface area contributed by atoms with Gasteiger partial charge in [0, 0.05) is 33.8 Å². The number of H-pyrrole nitrogens is 2. The molecule has 4 heterocycles. The van der Waals surface area contributed by atoms with Crippen LogP contribution in [0.25, 0.3) is 33.4 Å². The van der Waals surface area contributed by atoms with Crippen LogP contribution in [0.4, 0.5) is 5.95 Å². The number of benzene rings is 1. The number of nitrogens with zero attached hydrogens (tertiary/aromatic N) is 4. The summed E-state index contributed by atoms with van der Waals surface area (Å²) in [6, 6.07) is 6.07. The van der Waals surface area contributed by atoms with Crippen LogP contribution in [0.5, 0.6) is 0 Å². The summed E-state index contributed by atoms with van der Waals surface area (Å²) in [4.78, 5) is 21.6. The first-order valence-electron chi connectivity index (χ1n) is 9.74. The molecule has 0 radical (unpaired) electrons. The van der Waals surface area contributed by atoms with Gasteiger partial charge in [-0.3, -0.25) is 9.36 Å². The van der Waals surface area contributed by atoms with Gasteiger partial charge >= 0.3 is 0 Å². The molecule has 0 saturated heterocycles. The van der Waals surface area contributed by atoms with Crippen molar-refractivity contribution in [1.82, 2.24) is 29.9 Å². The lowest BCUT2D eigenvalue weighted by Gasteiger charge is -2.15. The first-order chi connectivity index (χ1) is 13.8. The molecule has 148 valence electrons. The van der Waals surface area contributed by atoms with Gasteiger partial charge in [0.25, 0.3) is 5.56 Å². The molecule has 0 spiro atoms. The third-order valence-corrected chi connectivity index (χ3v) is 5.43. The van der Waals surface area contributed by atoms with E-state index >= 15 is 0 Å². The number of hydrogen-bond acceptors (Lipinski definition) is 5. The number of fused-ring (bicyclic) bond motifs is 2. The lowest BCUT2D eigenvalue weighted by Crippen LogP contribution is -2.30. The predicted octanol–water partition coefficient (Wildman–Crippen LogP) is 3.50. The van der Waals surface area contributed by atoms with E-state index in [1.165, 1.54) is 0 Å². The normalized spacial score (nSPS) is 15.1. The van der Waals surface area contributed by atoms with Crippen molar-refractivity contribution >= 4 is 16.9 Å². The lowest BCUT2D eigenvalue weighted by molar-refractivity contribution is 0.515. The zero-order valence-corrected chi connectivity index (χ0v) is 16.9.